The van der Waals surface area contributed by atoms with Gasteiger partial charge in [0, 0.05) is 10.0 Å². The van der Waals surface area contributed by atoms with Crippen molar-refractivity contribution in [1.82, 2.24) is 0 Å². The lowest BCUT2D eigenvalue weighted by Gasteiger charge is -2.25. The normalized spacial score (nSPS) is 14.4. The monoisotopic (exact) mass is 303 g/mol. The maximum absolute atomic E-state index is 13.7. The maximum Gasteiger partial charge on any atom is 0.313 e. The van der Waals surface area contributed by atoms with Crippen LogP contribution >= 0.6 is 15.9 Å². The van der Waals surface area contributed by atoms with Gasteiger partial charge in [0.2, 0.25) is 0 Å². The molecule has 1 aromatic carbocycles. The molecular weight excluding hydrogens is 289 g/mol. The lowest BCUT2D eigenvalue weighted by molar-refractivity contribution is -0.143. The topological polar surface area (TPSA) is 63.3 Å². The standard InChI is InChI=1S/C12H15BrFNO2/c1-12(11(16)17,5-2-6-15)9-7-8(13)3-4-10(9)14/h3-4,7H,2,5-6,15H2,1H3,(H,16,17). The molecule has 0 bridgehead atoms. The first-order valence-corrected chi connectivity index (χ1v) is 6.10. The van der Waals surface area contributed by atoms with E-state index in [4.69, 9.17) is 5.73 Å². The molecule has 0 radical (unpaired) electrons. The third-order valence-corrected chi connectivity index (χ3v) is 3.37. The van der Waals surface area contributed by atoms with Gasteiger partial charge in [0.15, 0.2) is 0 Å². The molecule has 3 N–H and O–H groups in total. The Bertz CT molecular complexity index is 425. The van der Waals surface area contributed by atoms with Crippen molar-refractivity contribution in [3.05, 3.63) is 34.1 Å². The number of aliphatic carboxylic acids is 1. The van der Waals surface area contributed by atoms with Gasteiger partial charge in [0.05, 0.1) is 5.41 Å². The smallest absolute Gasteiger partial charge is 0.313 e. The van der Waals surface area contributed by atoms with E-state index in [2.05, 4.69) is 15.9 Å². The van der Waals surface area contributed by atoms with E-state index >= 15 is 0 Å². The minimum Gasteiger partial charge on any atom is -0.481 e. The van der Waals surface area contributed by atoms with Gasteiger partial charge in [-0.1, -0.05) is 15.9 Å². The molecule has 0 saturated heterocycles. The third-order valence-electron chi connectivity index (χ3n) is 2.88. The van der Waals surface area contributed by atoms with Crippen molar-refractivity contribution in [2.24, 2.45) is 5.73 Å². The van der Waals surface area contributed by atoms with E-state index in [1.54, 1.807) is 6.07 Å². The summed E-state index contributed by atoms with van der Waals surface area (Å²) in [6.07, 6.45) is 0.848. The molecular formula is C12H15BrFNO2. The van der Waals surface area contributed by atoms with Crippen LogP contribution in [0.2, 0.25) is 0 Å². The summed E-state index contributed by atoms with van der Waals surface area (Å²) in [5, 5.41) is 9.31. The Balaban J connectivity index is 3.21. The minimum absolute atomic E-state index is 0.188. The summed E-state index contributed by atoms with van der Waals surface area (Å²) in [5.74, 6) is -1.54. The third kappa shape index (κ3) is 3.04. The summed E-state index contributed by atoms with van der Waals surface area (Å²) < 4.78 is 14.4. The van der Waals surface area contributed by atoms with Crippen molar-refractivity contribution in [3.63, 3.8) is 0 Å². The van der Waals surface area contributed by atoms with Crippen molar-refractivity contribution in [3.8, 4) is 0 Å². The van der Waals surface area contributed by atoms with Crippen molar-refractivity contribution in [2.45, 2.75) is 25.2 Å². The lowest BCUT2D eigenvalue weighted by atomic mass is 9.78. The zero-order valence-corrected chi connectivity index (χ0v) is 11.1. The number of carboxylic acids is 1. The van der Waals surface area contributed by atoms with Gasteiger partial charge in [0.1, 0.15) is 5.82 Å². The van der Waals surface area contributed by atoms with E-state index in [1.807, 2.05) is 0 Å². The van der Waals surface area contributed by atoms with Crippen LogP contribution in [-0.4, -0.2) is 17.6 Å². The number of carbonyl (C=O) groups is 1. The van der Waals surface area contributed by atoms with Crippen LogP contribution < -0.4 is 5.73 Å². The Morgan fingerprint density at radius 1 is 1.59 bits per heavy atom. The molecule has 1 atom stereocenters. The first kappa shape index (κ1) is 14.1. The Labute approximate surface area is 108 Å². The molecule has 0 aliphatic carbocycles. The van der Waals surface area contributed by atoms with Crippen LogP contribution in [0.25, 0.3) is 0 Å². The number of halogens is 2. The van der Waals surface area contributed by atoms with Crippen LogP contribution in [0.1, 0.15) is 25.3 Å². The second-order valence-corrected chi connectivity index (χ2v) is 5.07. The van der Waals surface area contributed by atoms with Crippen molar-refractivity contribution in [2.75, 3.05) is 6.54 Å². The molecule has 0 heterocycles. The van der Waals surface area contributed by atoms with Gasteiger partial charge in [-0.25, -0.2) is 4.39 Å². The van der Waals surface area contributed by atoms with Crippen LogP contribution in [0.4, 0.5) is 4.39 Å². The largest absolute Gasteiger partial charge is 0.481 e. The molecule has 0 amide bonds. The Morgan fingerprint density at radius 2 is 2.24 bits per heavy atom. The summed E-state index contributed by atoms with van der Waals surface area (Å²) in [7, 11) is 0. The van der Waals surface area contributed by atoms with Gasteiger partial charge in [-0.15, -0.1) is 0 Å². The highest BCUT2D eigenvalue weighted by Gasteiger charge is 2.36. The predicted octanol–water partition coefficient (Wildman–Crippen LogP) is 2.67. The molecule has 1 unspecified atom stereocenters. The van der Waals surface area contributed by atoms with Gasteiger partial charge in [-0.3, -0.25) is 4.79 Å². The zero-order valence-electron chi connectivity index (χ0n) is 9.54. The number of benzene rings is 1. The van der Waals surface area contributed by atoms with Crippen LogP contribution in [0.3, 0.4) is 0 Å². The minimum atomic E-state index is -1.24. The molecule has 0 fully saturated rings. The molecule has 3 nitrogen and oxygen atoms in total. The fourth-order valence-electron chi connectivity index (χ4n) is 1.73. The van der Waals surface area contributed by atoms with Crippen molar-refractivity contribution < 1.29 is 14.3 Å². The summed E-state index contributed by atoms with van der Waals surface area (Å²) in [4.78, 5) is 11.4. The van der Waals surface area contributed by atoms with Gasteiger partial charge < -0.3 is 10.8 Å². The molecule has 5 heteroatoms. The Hall–Kier alpha value is -0.940. The van der Waals surface area contributed by atoms with Gasteiger partial charge >= 0.3 is 5.97 Å². The van der Waals surface area contributed by atoms with E-state index in [9.17, 15) is 14.3 Å². The summed E-state index contributed by atoms with van der Waals surface area (Å²) in [5.41, 5.74) is 4.33. The molecule has 0 aliphatic rings. The average molecular weight is 304 g/mol. The predicted molar refractivity (Wildman–Crippen MR) is 67.4 cm³/mol. The second-order valence-electron chi connectivity index (χ2n) is 4.15. The Kier molecular flexibility index (Phi) is 4.65. The van der Waals surface area contributed by atoms with Crippen LogP contribution in [0.5, 0.6) is 0 Å². The highest BCUT2D eigenvalue weighted by Crippen LogP contribution is 2.33. The SMILES string of the molecule is CC(CCCN)(C(=O)O)c1cc(Br)ccc1F. The van der Waals surface area contributed by atoms with E-state index in [1.165, 1.54) is 19.1 Å². The number of hydrogen-bond donors (Lipinski definition) is 2. The first-order valence-electron chi connectivity index (χ1n) is 5.31. The summed E-state index contributed by atoms with van der Waals surface area (Å²) in [6.45, 7) is 1.91. The molecule has 0 spiro atoms. The summed E-state index contributed by atoms with van der Waals surface area (Å²) >= 11 is 3.22. The van der Waals surface area contributed by atoms with Crippen LogP contribution in [0.15, 0.2) is 22.7 Å². The van der Waals surface area contributed by atoms with E-state index < -0.39 is 17.2 Å². The molecule has 94 valence electrons. The molecule has 1 rings (SSSR count). The van der Waals surface area contributed by atoms with Crippen LogP contribution in [-0.2, 0) is 10.2 Å². The average Bonchev–Trinajstić information content (AvgIpc) is 2.29. The molecule has 17 heavy (non-hydrogen) atoms. The van der Waals surface area contributed by atoms with E-state index in [0.29, 0.717) is 23.9 Å². The van der Waals surface area contributed by atoms with E-state index in [0.717, 1.165) is 0 Å². The molecule has 1 aromatic rings. The number of rotatable bonds is 5. The van der Waals surface area contributed by atoms with Crippen LogP contribution in [0, 0.1) is 5.82 Å². The highest BCUT2D eigenvalue weighted by molar-refractivity contribution is 9.10. The highest BCUT2D eigenvalue weighted by atomic mass is 79.9. The van der Waals surface area contributed by atoms with Crippen molar-refractivity contribution in [1.29, 1.82) is 0 Å². The van der Waals surface area contributed by atoms with Gasteiger partial charge in [-0.05, 0) is 44.5 Å². The number of nitrogens with two attached hydrogens (primary N) is 1. The first-order chi connectivity index (χ1) is 7.91. The second kappa shape index (κ2) is 5.60. The molecule has 0 saturated carbocycles. The number of hydrogen-bond acceptors (Lipinski definition) is 2. The number of carboxylic acid groups (broad SMARTS) is 1. The molecule has 0 aromatic heterocycles. The van der Waals surface area contributed by atoms with Crippen molar-refractivity contribution >= 4 is 21.9 Å². The quantitative estimate of drug-likeness (QED) is 0.879. The summed E-state index contributed by atoms with van der Waals surface area (Å²) in [6, 6.07) is 4.33. The van der Waals surface area contributed by atoms with Gasteiger partial charge in [0.25, 0.3) is 0 Å². The Morgan fingerprint density at radius 3 is 2.76 bits per heavy atom. The maximum atomic E-state index is 13.7. The fraction of sp³-hybridized carbons (Fsp3) is 0.417. The zero-order chi connectivity index (χ0) is 13.1. The van der Waals surface area contributed by atoms with E-state index in [-0.39, 0.29) is 5.56 Å². The lowest BCUT2D eigenvalue weighted by Crippen LogP contribution is -2.34. The van der Waals surface area contributed by atoms with Gasteiger partial charge in [-0.2, -0.15) is 0 Å². The molecule has 0 aliphatic heterocycles. The fourth-order valence-corrected chi connectivity index (χ4v) is 2.09.